The molecule has 116 valence electrons. The molecule has 0 N–H and O–H groups in total. The van der Waals surface area contributed by atoms with Crippen LogP contribution in [0.5, 0.6) is 0 Å². The van der Waals surface area contributed by atoms with Gasteiger partial charge in [0.15, 0.2) is 5.82 Å². The molecule has 4 rings (SSSR count). The standard InChI is InChI=1S/C15H19ClN6/c16-12-9-17-10-14(18-12)21-8-4-5-11(21)15-20-19-13-6-2-1-3-7-22(13)15/h9-11H,1-8H2/t11-/m1/s1. The Hall–Kier alpha value is -1.69. The maximum Gasteiger partial charge on any atom is 0.155 e. The normalized spacial score (nSPS) is 21.7. The Morgan fingerprint density at radius 2 is 2.00 bits per heavy atom. The number of hydrogen-bond donors (Lipinski definition) is 0. The third kappa shape index (κ3) is 2.45. The summed E-state index contributed by atoms with van der Waals surface area (Å²) in [4.78, 5) is 10.9. The minimum absolute atomic E-state index is 0.229. The predicted molar refractivity (Wildman–Crippen MR) is 83.9 cm³/mol. The number of rotatable bonds is 2. The van der Waals surface area contributed by atoms with Crippen molar-refractivity contribution in [3.05, 3.63) is 29.2 Å². The summed E-state index contributed by atoms with van der Waals surface area (Å²) in [6, 6.07) is 0.229. The van der Waals surface area contributed by atoms with E-state index in [0.717, 1.165) is 49.8 Å². The lowest BCUT2D eigenvalue weighted by Gasteiger charge is -2.25. The highest BCUT2D eigenvalue weighted by Gasteiger charge is 2.32. The Kier molecular flexibility index (Phi) is 3.70. The molecule has 7 heteroatoms. The number of halogens is 1. The van der Waals surface area contributed by atoms with E-state index in [0.29, 0.717) is 5.15 Å². The summed E-state index contributed by atoms with van der Waals surface area (Å²) in [5.41, 5.74) is 0. The molecule has 2 aromatic rings. The highest BCUT2D eigenvalue weighted by Crippen LogP contribution is 2.35. The first kappa shape index (κ1) is 13.9. The van der Waals surface area contributed by atoms with Gasteiger partial charge in [-0.1, -0.05) is 18.0 Å². The summed E-state index contributed by atoms with van der Waals surface area (Å²) in [6.07, 6.45) is 10.3. The topological polar surface area (TPSA) is 59.7 Å². The van der Waals surface area contributed by atoms with Gasteiger partial charge < -0.3 is 9.47 Å². The van der Waals surface area contributed by atoms with Crippen LogP contribution in [0.25, 0.3) is 0 Å². The van der Waals surface area contributed by atoms with Crippen LogP contribution in [0.15, 0.2) is 12.4 Å². The SMILES string of the molecule is Clc1cncc(N2CCC[C@@H]2c2nnc3n2CCCCC3)n1. The van der Waals surface area contributed by atoms with Crippen molar-refractivity contribution < 1.29 is 0 Å². The van der Waals surface area contributed by atoms with Crippen molar-refractivity contribution in [2.45, 2.75) is 51.1 Å². The largest absolute Gasteiger partial charge is 0.345 e. The molecule has 1 fully saturated rings. The van der Waals surface area contributed by atoms with Crippen molar-refractivity contribution in [1.82, 2.24) is 24.7 Å². The average molecular weight is 319 g/mol. The van der Waals surface area contributed by atoms with Crippen LogP contribution in [0.1, 0.15) is 49.8 Å². The zero-order valence-corrected chi connectivity index (χ0v) is 13.2. The molecule has 6 nitrogen and oxygen atoms in total. The second-order valence-electron chi connectivity index (χ2n) is 5.99. The van der Waals surface area contributed by atoms with E-state index in [1.807, 2.05) is 0 Å². The number of fused-ring (bicyclic) bond motifs is 1. The fourth-order valence-electron chi connectivity index (χ4n) is 3.53. The number of hydrogen-bond acceptors (Lipinski definition) is 5. The van der Waals surface area contributed by atoms with Crippen molar-refractivity contribution in [2.75, 3.05) is 11.4 Å². The molecule has 0 unspecified atom stereocenters. The summed E-state index contributed by atoms with van der Waals surface area (Å²) >= 11 is 6.00. The molecule has 1 atom stereocenters. The molecular weight excluding hydrogens is 300 g/mol. The summed E-state index contributed by atoms with van der Waals surface area (Å²) in [5.74, 6) is 3.05. The zero-order valence-electron chi connectivity index (χ0n) is 12.5. The molecule has 2 aliphatic rings. The molecule has 0 spiro atoms. The van der Waals surface area contributed by atoms with E-state index in [4.69, 9.17) is 11.6 Å². The highest BCUT2D eigenvalue weighted by molar-refractivity contribution is 6.29. The molecule has 0 aliphatic carbocycles. The van der Waals surface area contributed by atoms with Gasteiger partial charge in [0.05, 0.1) is 18.4 Å². The maximum atomic E-state index is 6.00. The first-order valence-corrected chi connectivity index (χ1v) is 8.37. The van der Waals surface area contributed by atoms with Crippen LogP contribution in [-0.2, 0) is 13.0 Å². The third-order valence-corrected chi connectivity index (χ3v) is 4.76. The second-order valence-corrected chi connectivity index (χ2v) is 6.38. The Morgan fingerprint density at radius 3 is 2.91 bits per heavy atom. The van der Waals surface area contributed by atoms with Gasteiger partial charge >= 0.3 is 0 Å². The van der Waals surface area contributed by atoms with Gasteiger partial charge in [-0.15, -0.1) is 10.2 Å². The van der Waals surface area contributed by atoms with E-state index in [2.05, 4.69) is 29.6 Å². The molecule has 4 heterocycles. The van der Waals surface area contributed by atoms with Gasteiger partial charge in [-0.3, -0.25) is 4.98 Å². The molecule has 1 saturated heterocycles. The molecule has 0 radical (unpaired) electrons. The van der Waals surface area contributed by atoms with Gasteiger partial charge in [-0.25, -0.2) is 4.98 Å². The van der Waals surface area contributed by atoms with Gasteiger partial charge in [-0.2, -0.15) is 0 Å². The van der Waals surface area contributed by atoms with Crippen LogP contribution in [0, 0.1) is 0 Å². The molecule has 2 aromatic heterocycles. The summed E-state index contributed by atoms with van der Waals surface area (Å²) in [5, 5.41) is 9.37. The van der Waals surface area contributed by atoms with Crippen LogP contribution < -0.4 is 4.90 Å². The predicted octanol–water partition coefficient (Wildman–Crippen LogP) is 2.79. The number of aromatic nitrogens is 5. The second kappa shape index (κ2) is 5.83. The molecule has 0 aromatic carbocycles. The smallest absolute Gasteiger partial charge is 0.155 e. The lowest BCUT2D eigenvalue weighted by atomic mass is 10.2. The molecule has 2 aliphatic heterocycles. The molecule has 0 amide bonds. The van der Waals surface area contributed by atoms with E-state index in [1.165, 1.54) is 19.3 Å². The van der Waals surface area contributed by atoms with E-state index >= 15 is 0 Å². The Balaban J connectivity index is 1.68. The molecule has 0 bridgehead atoms. The fourth-order valence-corrected chi connectivity index (χ4v) is 3.68. The lowest BCUT2D eigenvalue weighted by molar-refractivity contribution is 0.558. The van der Waals surface area contributed by atoms with Crippen molar-refractivity contribution >= 4 is 17.4 Å². The Morgan fingerprint density at radius 1 is 1.05 bits per heavy atom. The van der Waals surface area contributed by atoms with E-state index < -0.39 is 0 Å². The Labute approximate surface area is 134 Å². The van der Waals surface area contributed by atoms with Gasteiger partial charge in [0.2, 0.25) is 0 Å². The molecule has 0 saturated carbocycles. The average Bonchev–Trinajstić information content (AvgIpc) is 3.08. The Bertz CT molecular complexity index is 670. The van der Waals surface area contributed by atoms with E-state index in [1.54, 1.807) is 12.4 Å². The van der Waals surface area contributed by atoms with Crippen LogP contribution in [0.4, 0.5) is 5.82 Å². The van der Waals surface area contributed by atoms with Gasteiger partial charge in [0.1, 0.15) is 16.8 Å². The first-order chi connectivity index (χ1) is 10.8. The summed E-state index contributed by atoms with van der Waals surface area (Å²) in [7, 11) is 0. The van der Waals surface area contributed by atoms with Crippen LogP contribution >= 0.6 is 11.6 Å². The minimum Gasteiger partial charge on any atom is -0.345 e. The first-order valence-electron chi connectivity index (χ1n) is 7.99. The van der Waals surface area contributed by atoms with Crippen molar-refractivity contribution in [3.8, 4) is 0 Å². The molecule has 22 heavy (non-hydrogen) atoms. The van der Waals surface area contributed by atoms with Crippen molar-refractivity contribution in [2.24, 2.45) is 0 Å². The van der Waals surface area contributed by atoms with Gasteiger partial charge in [-0.05, 0) is 25.7 Å². The van der Waals surface area contributed by atoms with Crippen LogP contribution in [0.3, 0.4) is 0 Å². The number of aryl methyl sites for hydroxylation is 1. The highest BCUT2D eigenvalue weighted by atomic mass is 35.5. The fraction of sp³-hybridized carbons (Fsp3) is 0.600. The number of anilines is 1. The maximum absolute atomic E-state index is 6.00. The van der Waals surface area contributed by atoms with Gasteiger partial charge in [0, 0.05) is 19.5 Å². The van der Waals surface area contributed by atoms with E-state index in [9.17, 15) is 0 Å². The summed E-state index contributed by atoms with van der Waals surface area (Å²) in [6.45, 7) is 1.99. The third-order valence-electron chi connectivity index (χ3n) is 4.58. The zero-order chi connectivity index (χ0) is 14.9. The molecular formula is C15H19ClN6. The van der Waals surface area contributed by atoms with E-state index in [-0.39, 0.29) is 6.04 Å². The van der Waals surface area contributed by atoms with Crippen molar-refractivity contribution in [3.63, 3.8) is 0 Å². The van der Waals surface area contributed by atoms with Gasteiger partial charge in [0.25, 0.3) is 0 Å². The van der Waals surface area contributed by atoms with Crippen LogP contribution in [-0.4, -0.2) is 31.3 Å². The monoisotopic (exact) mass is 318 g/mol. The lowest BCUT2D eigenvalue weighted by Crippen LogP contribution is -2.26. The quantitative estimate of drug-likeness (QED) is 0.852. The minimum atomic E-state index is 0.229. The summed E-state index contributed by atoms with van der Waals surface area (Å²) < 4.78 is 2.33. The van der Waals surface area contributed by atoms with Crippen molar-refractivity contribution in [1.29, 1.82) is 0 Å². The van der Waals surface area contributed by atoms with Crippen LogP contribution in [0.2, 0.25) is 5.15 Å². The number of nitrogens with zero attached hydrogens (tertiary/aromatic N) is 6.